The van der Waals surface area contributed by atoms with E-state index in [0.29, 0.717) is 11.1 Å². The van der Waals surface area contributed by atoms with E-state index in [4.69, 9.17) is 9.97 Å². The molecule has 0 spiro atoms. The molecule has 2 amide bonds. The fourth-order valence-corrected chi connectivity index (χ4v) is 4.93. The molecule has 0 bridgehead atoms. The van der Waals surface area contributed by atoms with Crippen LogP contribution in [-0.2, 0) is 0 Å². The lowest BCUT2D eigenvalue weighted by atomic mass is 10.0. The van der Waals surface area contributed by atoms with Crippen molar-refractivity contribution in [3.63, 3.8) is 0 Å². The number of carbonyl (C=O) groups excluding carboxylic acids is 2. The summed E-state index contributed by atoms with van der Waals surface area (Å²) >= 11 is 0. The van der Waals surface area contributed by atoms with Crippen LogP contribution in [0.1, 0.15) is 27.6 Å². The minimum atomic E-state index is -0.319. The summed E-state index contributed by atoms with van der Waals surface area (Å²) in [6, 6.07) is 38.2. The highest BCUT2D eigenvalue weighted by molar-refractivity contribution is 6.08. The quantitative estimate of drug-likeness (QED) is 0.239. The number of benzene rings is 4. The zero-order chi connectivity index (χ0) is 28.2. The topological polar surface area (TPSA) is 84.0 Å². The number of hydrogen-bond acceptors (Lipinski definition) is 4. The van der Waals surface area contributed by atoms with E-state index >= 15 is 0 Å². The van der Waals surface area contributed by atoms with Gasteiger partial charge in [0.05, 0.1) is 33.5 Å². The Morgan fingerprint density at radius 3 is 1.56 bits per heavy atom. The van der Waals surface area contributed by atoms with Crippen molar-refractivity contribution >= 4 is 33.6 Å². The van der Waals surface area contributed by atoms with Gasteiger partial charge in [-0.3, -0.25) is 9.59 Å². The van der Waals surface area contributed by atoms with E-state index in [9.17, 15) is 9.59 Å². The first-order valence-corrected chi connectivity index (χ1v) is 13.6. The minimum Gasteiger partial charge on any atom is -0.350 e. The minimum absolute atomic E-state index is 0.219. The van der Waals surface area contributed by atoms with Gasteiger partial charge in [0.2, 0.25) is 0 Å². The molecule has 0 radical (unpaired) electrons. The summed E-state index contributed by atoms with van der Waals surface area (Å²) in [7, 11) is 0. The van der Waals surface area contributed by atoms with Gasteiger partial charge >= 0.3 is 0 Å². The van der Waals surface area contributed by atoms with Crippen LogP contribution in [0, 0.1) is 0 Å². The molecule has 41 heavy (non-hydrogen) atoms. The van der Waals surface area contributed by atoms with Gasteiger partial charge in [0.15, 0.2) is 0 Å². The van der Waals surface area contributed by atoms with E-state index in [1.807, 2.05) is 128 Å². The van der Waals surface area contributed by atoms with Gasteiger partial charge in [0, 0.05) is 34.5 Å². The molecule has 0 aliphatic heterocycles. The highest BCUT2D eigenvalue weighted by atomic mass is 16.2. The standard InChI is InChI=1S/C35H28N4O2/c1-23(37-35(41)29-21-33(25-14-6-3-7-15-25)39-31-19-11-9-17-27(29)31)22-36-34(40)28-20-32(24-12-4-2-5-13-24)38-30-18-10-8-16-26(28)30/h2-21,23H,22H2,1H3,(H,36,40)(H,37,41). The van der Waals surface area contributed by atoms with E-state index in [1.54, 1.807) is 0 Å². The van der Waals surface area contributed by atoms with Crippen molar-refractivity contribution in [1.29, 1.82) is 0 Å². The van der Waals surface area contributed by atoms with Crippen LogP contribution in [0.25, 0.3) is 44.3 Å². The Morgan fingerprint density at radius 1 is 0.610 bits per heavy atom. The molecule has 0 saturated carbocycles. The van der Waals surface area contributed by atoms with Crippen molar-refractivity contribution in [3.05, 3.63) is 132 Å². The summed E-state index contributed by atoms with van der Waals surface area (Å²) in [6.07, 6.45) is 0. The fraction of sp³-hybridized carbons (Fsp3) is 0.0857. The number of carbonyl (C=O) groups is 2. The van der Waals surface area contributed by atoms with Gasteiger partial charge in [-0.25, -0.2) is 9.97 Å². The lowest BCUT2D eigenvalue weighted by Gasteiger charge is -2.17. The molecule has 6 rings (SSSR count). The Kier molecular flexibility index (Phi) is 7.20. The maximum Gasteiger partial charge on any atom is 0.252 e. The smallest absolute Gasteiger partial charge is 0.252 e. The second-order valence-electron chi connectivity index (χ2n) is 9.96. The van der Waals surface area contributed by atoms with Gasteiger partial charge in [0.25, 0.3) is 11.8 Å². The van der Waals surface area contributed by atoms with Crippen LogP contribution in [0.15, 0.2) is 121 Å². The predicted molar refractivity (Wildman–Crippen MR) is 164 cm³/mol. The van der Waals surface area contributed by atoms with E-state index < -0.39 is 0 Å². The SMILES string of the molecule is CC(CNC(=O)c1cc(-c2ccccc2)nc2ccccc12)NC(=O)c1cc(-c2ccccc2)nc2ccccc12. The van der Waals surface area contributed by atoms with Crippen LogP contribution in [0.3, 0.4) is 0 Å². The first-order valence-electron chi connectivity index (χ1n) is 13.6. The van der Waals surface area contributed by atoms with Gasteiger partial charge < -0.3 is 10.6 Å². The van der Waals surface area contributed by atoms with Crippen LogP contribution >= 0.6 is 0 Å². The largest absolute Gasteiger partial charge is 0.350 e. The van der Waals surface area contributed by atoms with E-state index in [2.05, 4.69) is 10.6 Å². The Balaban J connectivity index is 1.21. The summed E-state index contributed by atoms with van der Waals surface area (Å²) in [4.78, 5) is 36.4. The van der Waals surface area contributed by atoms with E-state index in [-0.39, 0.29) is 24.4 Å². The Hall–Kier alpha value is -5.36. The number of nitrogens with one attached hydrogen (secondary N) is 2. The number of pyridine rings is 2. The first-order chi connectivity index (χ1) is 20.1. The summed E-state index contributed by atoms with van der Waals surface area (Å²) in [5, 5.41) is 7.61. The third-order valence-electron chi connectivity index (χ3n) is 7.01. The average molecular weight is 537 g/mol. The molecule has 6 heteroatoms. The fourth-order valence-electron chi connectivity index (χ4n) is 4.93. The number of hydrogen-bond donors (Lipinski definition) is 2. The van der Waals surface area contributed by atoms with Gasteiger partial charge in [-0.05, 0) is 31.2 Å². The first kappa shape index (κ1) is 25.9. The Labute approximate surface area is 238 Å². The summed E-state index contributed by atoms with van der Waals surface area (Å²) in [5.74, 6) is -0.439. The van der Waals surface area contributed by atoms with Crippen LogP contribution in [0.4, 0.5) is 0 Å². The van der Waals surface area contributed by atoms with Gasteiger partial charge in [-0.15, -0.1) is 0 Å². The molecule has 6 nitrogen and oxygen atoms in total. The molecule has 1 atom stereocenters. The number of aromatic nitrogens is 2. The number of amides is 2. The maximum absolute atomic E-state index is 13.5. The van der Waals surface area contributed by atoms with Crippen molar-refractivity contribution in [1.82, 2.24) is 20.6 Å². The molecule has 2 heterocycles. The summed E-state index contributed by atoms with van der Waals surface area (Å²) in [5.41, 5.74) is 5.92. The van der Waals surface area contributed by atoms with E-state index in [0.717, 1.165) is 44.3 Å². The molecular weight excluding hydrogens is 508 g/mol. The number of fused-ring (bicyclic) bond motifs is 2. The highest BCUT2D eigenvalue weighted by Gasteiger charge is 2.18. The van der Waals surface area contributed by atoms with Crippen molar-refractivity contribution in [2.24, 2.45) is 0 Å². The molecular formula is C35H28N4O2. The predicted octanol–water partition coefficient (Wildman–Crippen LogP) is 6.67. The lowest BCUT2D eigenvalue weighted by Crippen LogP contribution is -2.42. The second-order valence-corrected chi connectivity index (χ2v) is 9.96. The van der Waals surface area contributed by atoms with Crippen LogP contribution in [0.2, 0.25) is 0 Å². The second kappa shape index (κ2) is 11.4. The van der Waals surface area contributed by atoms with Crippen molar-refractivity contribution < 1.29 is 9.59 Å². The molecule has 0 fully saturated rings. The normalized spacial score (nSPS) is 11.7. The van der Waals surface area contributed by atoms with Gasteiger partial charge in [0.1, 0.15) is 0 Å². The molecule has 6 aromatic rings. The average Bonchev–Trinajstić information content (AvgIpc) is 3.03. The third-order valence-corrected chi connectivity index (χ3v) is 7.01. The molecule has 0 aliphatic rings. The zero-order valence-corrected chi connectivity index (χ0v) is 22.5. The molecule has 1 unspecified atom stereocenters. The molecule has 0 saturated heterocycles. The summed E-state index contributed by atoms with van der Waals surface area (Å²) < 4.78 is 0. The van der Waals surface area contributed by atoms with Crippen molar-refractivity contribution in [3.8, 4) is 22.5 Å². The number of nitrogens with zero attached hydrogens (tertiary/aromatic N) is 2. The maximum atomic E-state index is 13.5. The van der Waals surface area contributed by atoms with Crippen LogP contribution < -0.4 is 10.6 Å². The molecule has 200 valence electrons. The lowest BCUT2D eigenvalue weighted by molar-refractivity contribution is 0.0914. The highest BCUT2D eigenvalue weighted by Crippen LogP contribution is 2.26. The number of rotatable bonds is 7. The van der Waals surface area contributed by atoms with Crippen LogP contribution in [-0.4, -0.2) is 34.4 Å². The molecule has 2 N–H and O–H groups in total. The Morgan fingerprint density at radius 2 is 1.05 bits per heavy atom. The Bertz CT molecular complexity index is 1870. The van der Waals surface area contributed by atoms with E-state index in [1.165, 1.54) is 0 Å². The van der Waals surface area contributed by atoms with Crippen molar-refractivity contribution in [2.45, 2.75) is 13.0 Å². The van der Waals surface area contributed by atoms with Crippen molar-refractivity contribution in [2.75, 3.05) is 6.54 Å². The van der Waals surface area contributed by atoms with Crippen LogP contribution in [0.5, 0.6) is 0 Å². The van der Waals surface area contributed by atoms with Gasteiger partial charge in [-0.1, -0.05) is 97.1 Å². The number of para-hydroxylation sites is 2. The monoisotopic (exact) mass is 536 g/mol. The zero-order valence-electron chi connectivity index (χ0n) is 22.5. The molecule has 2 aromatic heterocycles. The molecule has 4 aromatic carbocycles. The van der Waals surface area contributed by atoms with Gasteiger partial charge in [-0.2, -0.15) is 0 Å². The summed E-state index contributed by atoms with van der Waals surface area (Å²) in [6.45, 7) is 2.14. The molecule has 0 aliphatic carbocycles. The third kappa shape index (κ3) is 5.54.